The highest BCUT2D eigenvalue weighted by Gasteiger charge is 2.51. The van der Waals surface area contributed by atoms with Crippen molar-refractivity contribution in [1.82, 2.24) is 20.6 Å². The summed E-state index contributed by atoms with van der Waals surface area (Å²) in [6, 6.07) is 8.81. The van der Waals surface area contributed by atoms with Crippen molar-refractivity contribution in [1.29, 1.82) is 0 Å². The molecule has 0 spiro atoms. The number of para-hydroxylation sites is 1. The van der Waals surface area contributed by atoms with E-state index in [0.717, 1.165) is 0 Å². The molecule has 0 radical (unpaired) electrons. The van der Waals surface area contributed by atoms with Crippen LogP contribution >= 0.6 is 11.6 Å². The number of benzene rings is 2. The summed E-state index contributed by atoms with van der Waals surface area (Å²) in [6.07, 6.45) is 4.26. The fourth-order valence-corrected chi connectivity index (χ4v) is 3.96. The van der Waals surface area contributed by atoms with Crippen molar-refractivity contribution >= 4 is 35.2 Å². The van der Waals surface area contributed by atoms with Crippen molar-refractivity contribution < 1.29 is 23.5 Å². The van der Waals surface area contributed by atoms with Crippen LogP contribution in [0.5, 0.6) is 0 Å². The minimum Gasteiger partial charge on any atom is -0.453 e. The zero-order chi connectivity index (χ0) is 25.9. The van der Waals surface area contributed by atoms with E-state index in [1.807, 2.05) is 0 Å². The van der Waals surface area contributed by atoms with Gasteiger partial charge in [0.2, 0.25) is 5.91 Å². The van der Waals surface area contributed by atoms with Crippen LogP contribution < -0.4 is 16.0 Å². The van der Waals surface area contributed by atoms with E-state index in [-0.39, 0.29) is 21.8 Å². The molecule has 1 aromatic heterocycles. The SMILES string of the molecule is COC(=O)Nc1c(Cl)cccc1-c1ccc([C@@H](C)NC(=O)C2(NC(=O)c3cncnc3)CC2)c(F)c1. The summed E-state index contributed by atoms with van der Waals surface area (Å²) >= 11 is 6.23. The van der Waals surface area contributed by atoms with E-state index in [2.05, 4.69) is 30.7 Å². The molecule has 3 amide bonds. The number of carbonyl (C=O) groups is 3. The largest absolute Gasteiger partial charge is 0.453 e. The van der Waals surface area contributed by atoms with Crippen LogP contribution in [0.15, 0.2) is 55.1 Å². The molecule has 36 heavy (non-hydrogen) atoms. The third-order valence-electron chi connectivity index (χ3n) is 5.91. The highest BCUT2D eigenvalue weighted by atomic mass is 35.5. The van der Waals surface area contributed by atoms with E-state index in [9.17, 15) is 14.4 Å². The Kier molecular flexibility index (Phi) is 7.16. The molecule has 1 atom stereocenters. The number of aromatic nitrogens is 2. The lowest BCUT2D eigenvalue weighted by atomic mass is 9.99. The monoisotopic (exact) mass is 511 g/mol. The maximum absolute atomic E-state index is 15.2. The van der Waals surface area contributed by atoms with Gasteiger partial charge in [0, 0.05) is 23.5 Å². The maximum atomic E-state index is 15.2. The molecular formula is C25H23ClFN5O4. The Morgan fingerprint density at radius 3 is 2.50 bits per heavy atom. The minimum atomic E-state index is -1.05. The van der Waals surface area contributed by atoms with Gasteiger partial charge in [-0.25, -0.2) is 19.2 Å². The Morgan fingerprint density at radius 1 is 1.14 bits per heavy atom. The lowest BCUT2D eigenvalue weighted by molar-refractivity contribution is -0.124. The number of anilines is 1. The van der Waals surface area contributed by atoms with Crippen LogP contribution in [0.2, 0.25) is 5.02 Å². The summed E-state index contributed by atoms with van der Waals surface area (Å²) < 4.78 is 19.8. The van der Waals surface area contributed by atoms with Gasteiger partial charge in [-0.05, 0) is 37.5 Å². The normalized spacial score (nSPS) is 14.3. The average molecular weight is 512 g/mol. The Morgan fingerprint density at radius 2 is 1.86 bits per heavy atom. The van der Waals surface area contributed by atoms with Gasteiger partial charge in [-0.1, -0.05) is 35.9 Å². The van der Waals surface area contributed by atoms with Gasteiger partial charge in [0.15, 0.2) is 0 Å². The van der Waals surface area contributed by atoms with Crippen LogP contribution in [0.25, 0.3) is 11.1 Å². The number of amides is 3. The Balaban J connectivity index is 1.49. The second-order valence-corrected chi connectivity index (χ2v) is 8.78. The lowest BCUT2D eigenvalue weighted by Crippen LogP contribution is -2.49. The molecule has 0 bridgehead atoms. The van der Waals surface area contributed by atoms with Crippen molar-refractivity contribution in [3.8, 4) is 11.1 Å². The van der Waals surface area contributed by atoms with Crippen LogP contribution in [-0.2, 0) is 9.53 Å². The first-order valence-corrected chi connectivity index (χ1v) is 11.4. The fraction of sp³-hybridized carbons (Fsp3) is 0.240. The van der Waals surface area contributed by atoms with E-state index >= 15 is 4.39 Å². The van der Waals surface area contributed by atoms with Gasteiger partial charge in [-0.3, -0.25) is 14.9 Å². The number of rotatable bonds is 7. The van der Waals surface area contributed by atoms with Gasteiger partial charge in [0.25, 0.3) is 5.91 Å². The van der Waals surface area contributed by atoms with Gasteiger partial charge in [-0.15, -0.1) is 0 Å². The smallest absolute Gasteiger partial charge is 0.411 e. The summed E-state index contributed by atoms with van der Waals surface area (Å²) in [5.41, 5.74) is 0.713. The van der Waals surface area contributed by atoms with E-state index < -0.39 is 35.3 Å². The van der Waals surface area contributed by atoms with E-state index in [0.29, 0.717) is 24.0 Å². The molecule has 1 aliphatic rings. The number of halogens is 2. The lowest BCUT2D eigenvalue weighted by Gasteiger charge is -2.22. The van der Waals surface area contributed by atoms with Gasteiger partial charge in [0.1, 0.15) is 17.7 Å². The molecule has 1 saturated carbocycles. The van der Waals surface area contributed by atoms with Gasteiger partial charge in [0.05, 0.1) is 29.4 Å². The third-order valence-corrected chi connectivity index (χ3v) is 6.23. The summed E-state index contributed by atoms with van der Waals surface area (Å²) in [5, 5.41) is 8.34. The molecule has 0 unspecified atom stereocenters. The highest BCUT2D eigenvalue weighted by molar-refractivity contribution is 6.34. The molecule has 3 N–H and O–H groups in total. The summed E-state index contributed by atoms with van der Waals surface area (Å²) in [7, 11) is 1.23. The summed E-state index contributed by atoms with van der Waals surface area (Å²) in [5.74, 6) is -1.41. The molecule has 1 aliphatic carbocycles. The van der Waals surface area contributed by atoms with Crippen molar-refractivity contribution in [3.05, 3.63) is 77.1 Å². The molecule has 0 saturated heterocycles. The van der Waals surface area contributed by atoms with Crippen molar-refractivity contribution in [2.24, 2.45) is 0 Å². The number of methoxy groups -OCH3 is 1. The van der Waals surface area contributed by atoms with Gasteiger partial charge in [-0.2, -0.15) is 0 Å². The maximum Gasteiger partial charge on any atom is 0.411 e. The third kappa shape index (κ3) is 5.28. The predicted octanol–water partition coefficient (Wildman–Crippen LogP) is 4.25. The fourth-order valence-electron chi connectivity index (χ4n) is 3.74. The molecule has 1 heterocycles. The first-order valence-electron chi connectivity index (χ1n) is 11.1. The quantitative estimate of drug-likeness (QED) is 0.436. The van der Waals surface area contributed by atoms with Crippen molar-refractivity contribution in [3.63, 3.8) is 0 Å². The van der Waals surface area contributed by atoms with Crippen LogP contribution in [-0.4, -0.2) is 40.5 Å². The molecule has 4 rings (SSSR count). The van der Waals surface area contributed by atoms with Gasteiger partial charge < -0.3 is 15.4 Å². The van der Waals surface area contributed by atoms with Crippen LogP contribution in [0, 0.1) is 5.82 Å². The molecule has 9 nitrogen and oxygen atoms in total. The van der Waals surface area contributed by atoms with E-state index in [1.54, 1.807) is 37.3 Å². The minimum absolute atomic E-state index is 0.244. The molecule has 1 fully saturated rings. The number of hydrogen-bond acceptors (Lipinski definition) is 6. The predicted molar refractivity (Wildman–Crippen MR) is 131 cm³/mol. The summed E-state index contributed by atoms with van der Waals surface area (Å²) in [6.45, 7) is 1.66. The molecule has 2 aromatic carbocycles. The van der Waals surface area contributed by atoms with Crippen LogP contribution in [0.1, 0.15) is 41.7 Å². The highest BCUT2D eigenvalue weighted by Crippen LogP contribution is 2.38. The molecular weight excluding hydrogens is 489 g/mol. The summed E-state index contributed by atoms with van der Waals surface area (Å²) in [4.78, 5) is 44.7. The zero-order valence-corrected chi connectivity index (χ0v) is 20.2. The first-order chi connectivity index (χ1) is 17.2. The second kappa shape index (κ2) is 10.3. The van der Waals surface area contributed by atoms with Crippen LogP contribution in [0.3, 0.4) is 0 Å². The first kappa shape index (κ1) is 25.1. The second-order valence-electron chi connectivity index (χ2n) is 8.37. The molecule has 3 aromatic rings. The number of ether oxygens (including phenoxy) is 1. The number of carbonyl (C=O) groups excluding carboxylic acids is 3. The topological polar surface area (TPSA) is 122 Å². The van der Waals surface area contributed by atoms with E-state index in [4.69, 9.17) is 11.6 Å². The molecule has 11 heteroatoms. The Bertz CT molecular complexity index is 1320. The van der Waals surface area contributed by atoms with Crippen molar-refractivity contribution in [2.45, 2.75) is 31.3 Å². The number of nitrogens with one attached hydrogen (secondary N) is 3. The van der Waals surface area contributed by atoms with Gasteiger partial charge >= 0.3 is 6.09 Å². The van der Waals surface area contributed by atoms with E-state index in [1.165, 1.54) is 31.9 Å². The number of hydrogen-bond donors (Lipinski definition) is 3. The zero-order valence-electron chi connectivity index (χ0n) is 19.5. The molecule has 0 aliphatic heterocycles. The standard InChI is InChI=1S/C25H23ClFN5O4/c1-14(30-23(34)25(8-9-25)32-22(33)16-11-28-13-29-12-16)17-7-6-15(10-20(17)27)18-4-3-5-19(26)21(18)31-24(35)36-2/h3-7,10-14H,8-9H2,1-2H3,(H,30,34)(H,31,35)(H,32,33)/t14-/m1/s1. The molecule has 186 valence electrons. The Labute approximate surface area is 211 Å². The Hall–Kier alpha value is -4.05. The van der Waals surface area contributed by atoms with Crippen molar-refractivity contribution in [2.75, 3.05) is 12.4 Å². The average Bonchev–Trinajstić information content (AvgIpc) is 3.66. The van der Waals surface area contributed by atoms with Crippen LogP contribution in [0.4, 0.5) is 14.9 Å². The number of nitrogens with zero attached hydrogens (tertiary/aromatic N) is 2.